The Hall–Kier alpha value is -1.95. The molecule has 0 aromatic carbocycles. The highest BCUT2D eigenvalue weighted by molar-refractivity contribution is 7.13. The van der Waals surface area contributed by atoms with E-state index in [1.54, 1.807) is 17.8 Å². The van der Waals surface area contributed by atoms with Crippen molar-refractivity contribution in [1.29, 1.82) is 0 Å². The summed E-state index contributed by atoms with van der Waals surface area (Å²) in [6, 6.07) is 3.98. The predicted octanol–water partition coefficient (Wildman–Crippen LogP) is 2.34. The van der Waals surface area contributed by atoms with Gasteiger partial charge < -0.3 is 10.4 Å². The van der Waals surface area contributed by atoms with Crippen LogP contribution in [0.1, 0.15) is 24.2 Å². The molecule has 2 aromatic heterocycles. The number of carboxylic acids is 1. The number of carbonyl (C=O) groups is 1. The Morgan fingerprint density at radius 3 is 2.89 bits per heavy atom. The average Bonchev–Trinajstić information content (AvgIpc) is 2.76. The van der Waals surface area contributed by atoms with Crippen molar-refractivity contribution in [3.05, 3.63) is 41.2 Å². The zero-order valence-electron chi connectivity index (χ0n) is 9.83. The van der Waals surface area contributed by atoms with E-state index in [1.807, 2.05) is 19.1 Å². The lowest BCUT2D eigenvalue weighted by Crippen LogP contribution is -2.07. The highest BCUT2D eigenvalue weighted by Crippen LogP contribution is 2.22. The number of aliphatic carboxylic acids is 1. The molecule has 0 aliphatic heterocycles. The van der Waals surface area contributed by atoms with Gasteiger partial charge in [0.15, 0.2) is 5.13 Å². The van der Waals surface area contributed by atoms with Crippen molar-refractivity contribution >= 4 is 22.4 Å². The van der Waals surface area contributed by atoms with Crippen molar-refractivity contribution in [1.82, 2.24) is 9.97 Å². The fourth-order valence-corrected chi connectivity index (χ4v) is 2.33. The molecule has 5 nitrogen and oxygen atoms in total. The molecule has 0 fully saturated rings. The number of nitrogens with zero attached hydrogens (tertiary/aromatic N) is 2. The highest BCUT2D eigenvalue weighted by atomic mass is 32.1. The summed E-state index contributed by atoms with van der Waals surface area (Å²) < 4.78 is 0. The number of rotatable bonds is 5. The minimum absolute atomic E-state index is 0.0399. The fraction of sp³-hybridized carbons (Fsp3) is 0.250. The lowest BCUT2D eigenvalue weighted by molar-refractivity contribution is -0.136. The summed E-state index contributed by atoms with van der Waals surface area (Å²) in [6.45, 7) is 2.02. The molecular weight excluding hydrogens is 250 g/mol. The Kier molecular flexibility index (Phi) is 3.88. The molecule has 94 valence electrons. The number of hydrogen-bond acceptors (Lipinski definition) is 5. The van der Waals surface area contributed by atoms with E-state index in [1.165, 1.54) is 11.3 Å². The van der Waals surface area contributed by atoms with Gasteiger partial charge >= 0.3 is 5.97 Å². The second kappa shape index (κ2) is 5.59. The molecular formula is C12H13N3O2S. The molecule has 1 atom stereocenters. The van der Waals surface area contributed by atoms with Crippen LogP contribution in [0.5, 0.6) is 0 Å². The first kappa shape index (κ1) is 12.5. The van der Waals surface area contributed by atoms with Crippen LogP contribution in [0.2, 0.25) is 0 Å². The van der Waals surface area contributed by atoms with Gasteiger partial charge in [-0.25, -0.2) is 4.98 Å². The molecule has 2 rings (SSSR count). The number of carboxylic acid groups (broad SMARTS) is 1. The van der Waals surface area contributed by atoms with E-state index in [4.69, 9.17) is 5.11 Å². The number of nitrogens with one attached hydrogen (secondary N) is 1. The second-order valence-corrected chi connectivity index (χ2v) is 4.72. The minimum Gasteiger partial charge on any atom is -0.481 e. The van der Waals surface area contributed by atoms with Crippen LogP contribution >= 0.6 is 11.3 Å². The Labute approximate surface area is 109 Å². The summed E-state index contributed by atoms with van der Waals surface area (Å²) in [7, 11) is 0. The normalized spacial score (nSPS) is 12.1. The summed E-state index contributed by atoms with van der Waals surface area (Å²) in [5.74, 6) is -0.867. The van der Waals surface area contributed by atoms with Crippen molar-refractivity contribution in [2.24, 2.45) is 0 Å². The van der Waals surface area contributed by atoms with Crippen molar-refractivity contribution in [2.75, 3.05) is 5.32 Å². The molecule has 6 heteroatoms. The second-order valence-electron chi connectivity index (χ2n) is 3.86. The quantitative estimate of drug-likeness (QED) is 0.866. The Balaban J connectivity index is 2.01. The summed E-state index contributed by atoms with van der Waals surface area (Å²) >= 11 is 1.41. The maximum Gasteiger partial charge on any atom is 0.309 e. The highest BCUT2D eigenvalue weighted by Gasteiger charge is 2.09. The van der Waals surface area contributed by atoms with Gasteiger partial charge in [-0.05, 0) is 24.6 Å². The smallest absolute Gasteiger partial charge is 0.309 e. The molecule has 0 amide bonds. The topological polar surface area (TPSA) is 75.1 Å². The van der Waals surface area contributed by atoms with Crippen LogP contribution in [0.15, 0.2) is 29.9 Å². The van der Waals surface area contributed by atoms with Crippen molar-refractivity contribution < 1.29 is 9.90 Å². The first-order chi connectivity index (χ1) is 8.65. The van der Waals surface area contributed by atoms with Crippen LogP contribution < -0.4 is 5.32 Å². The van der Waals surface area contributed by atoms with Gasteiger partial charge in [-0.1, -0.05) is 0 Å². The van der Waals surface area contributed by atoms with Crippen molar-refractivity contribution in [2.45, 2.75) is 19.4 Å². The maximum absolute atomic E-state index is 10.6. The van der Waals surface area contributed by atoms with E-state index in [-0.39, 0.29) is 12.5 Å². The van der Waals surface area contributed by atoms with E-state index >= 15 is 0 Å². The van der Waals surface area contributed by atoms with E-state index < -0.39 is 5.97 Å². The van der Waals surface area contributed by atoms with Gasteiger partial charge in [0.2, 0.25) is 0 Å². The Bertz CT molecular complexity index is 527. The Morgan fingerprint density at radius 1 is 1.50 bits per heavy atom. The maximum atomic E-state index is 10.6. The summed E-state index contributed by atoms with van der Waals surface area (Å²) in [4.78, 5) is 18.8. The standard InChI is InChI=1S/C12H13N3O2S/c1-8(9-2-4-13-5-3-9)14-12-15-10(7-18-12)6-11(16)17/h2-5,7-8H,6H2,1H3,(H,14,15)(H,16,17). The molecule has 0 aliphatic rings. The lowest BCUT2D eigenvalue weighted by atomic mass is 10.1. The molecule has 18 heavy (non-hydrogen) atoms. The van der Waals surface area contributed by atoms with Crippen LogP contribution in [-0.2, 0) is 11.2 Å². The van der Waals surface area contributed by atoms with E-state index in [2.05, 4.69) is 15.3 Å². The van der Waals surface area contributed by atoms with Crippen LogP contribution in [0.3, 0.4) is 0 Å². The third-order valence-corrected chi connectivity index (χ3v) is 3.25. The van der Waals surface area contributed by atoms with E-state index in [9.17, 15) is 4.79 Å². The first-order valence-electron chi connectivity index (χ1n) is 5.48. The SMILES string of the molecule is CC(Nc1nc(CC(=O)O)cs1)c1ccncc1. The molecule has 2 N–H and O–H groups in total. The predicted molar refractivity (Wildman–Crippen MR) is 69.7 cm³/mol. The van der Waals surface area contributed by atoms with Gasteiger partial charge in [0.25, 0.3) is 0 Å². The number of hydrogen-bond donors (Lipinski definition) is 2. The monoisotopic (exact) mass is 263 g/mol. The largest absolute Gasteiger partial charge is 0.481 e. The van der Waals surface area contributed by atoms with E-state index in [0.29, 0.717) is 5.69 Å². The first-order valence-corrected chi connectivity index (χ1v) is 6.36. The lowest BCUT2D eigenvalue weighted by Gasteiger charge is -2.12. The third kappa shape index (κ3) is 3.27. The molecule has 0 saturated carbocycles. The Morgan fingerprint density at radius 2 is 2.22 bits per heavy atom. The number of anilines is 1. The number of aromatic nitrogens is 2. The van der Waals surface area contributed by atoms with Gasteiger partial charge in [-0.3, -0.25) is 9.78 Å². The number of thiazole rings is 1. The van der Waals surface area contributed by atoms with E-state index in [0.717, 1.165) is 10.7 Å². The third-order valence-electron chi connectivity index (χ3n) is 2.43. The van der Waals surface area contributed by atoms with Gasteiger partial charge in [-0.15, -0.1) is 11.3 Å². The van der Waals surface area contributed by atoms with Crippen molar-refractivity contribution in [3.63, 3.8) is 0 Å². The van der Waals surface area contributed by atoms with Crippen LogP contribution in [0.4, 0.5) is 5.13 Å². The molecule has 2 aromatic rings. The summed E-state index contributed by atoms with van der Waals surface area (Å²) in [5.41, 5.74) is 1.69. The molecule has 2 heterocycles. The molecule has 0 aliphatic carbocycles. The van der Waals surface area contributed by atoms with Crippen LogP contribution in [-0.4, -0.2) is 21.0 Å². The van der Waals surface area contributed by atoms with Crippen LogP contribution in [0, 0.1) is 0 Å². The molecule has 0 bridgehead atoms. The van der Waals surface area contributed by atoms with Gasteiger partial charge in [0.1, 0.15) is 0 Å². The summed E-state index contributed by atoms with van der Waals surface area (Å²) in [5, 5.41) is 14.4. The zero-order valence-corrected chi connectivity index (χ0v) is 10.6. The van der Waals surface area contributed by atoms with Crippen molar-refractivity contribution in [3.8, 4) is 0 Å². The number of pyridine rings is 1. The van der Waals surface area contributed by atoms with Gasteiger partial charge in [0.05, 0.1) is 18.2 Å². The zero-order chi connectivity index (χ0) is 13.0. The average molecular weight is 263 g/mol. The van der Waals surface area contributed by atoms with Gasteiger partial charge in [-0.2, -0.15) is 0 Å². The fourth-order valence-electron chi connectivity index (χ4n) is 1.53. The molecule has 0 spiro atoms. The molecule has 0 saturated heterocycles. The molecule has 1 unspecified atom stereocenters. The van der Waals surface area contributed by atoms with Crippen LogP contribution in [0.25, 0.3) is 0 Å². The minimum atomic E-state index is -0.867. The van der Waals surface area contributed by atoms with Gasteiger partial charge in [0, 0.05) is 17.8 Å². The summed E-state index contributed by atoms with van der Waals surface area (Å²) in [6.07, 6.45) is 3.44. The molecule has 0 radical (unpaired) electrons.